The molecule has 0 aromatic carbocycles. The van der Waals surface area contributed by atoms with E-state index >= 15 is 0 Å². The highest BCUT2D eigenvalue weighted by Crippen LogP contribution is 2.19. The van der Waals surface area contributed by atoms with Gasteiger partial charge in [0.15, 0.2) is 0 Å². The van der Waals surface area contributed by atoms with Crippen LogP contribution >= 0.6 is 0 Å². The van der Waals surface area contributed by atoms with E-state index < -0.39 is 5.97 Å². The van der Waals surface area contributed by atoms with Gasteiger partial charge < -0.3 is 9.30 Å². The predicted molar refractivity (Wildman–Crippen MR) is 68.1 cm³/mol. The first-order chi connectivity index (χ1) is 9.17. The van der Waals surface area contributed by atoms with Crippen LogP contribution in [0.2, 0.25) is 0 Å². The number of esters is 1. The minimum absolute atomic E-state index is 0.0105. The van der Waals surface area contributed by atoms with Gasteiger partial charge in [-0.25, -0.2) is 9.18 Å². The van der Waals surface area contributed by atoms with E-state index in [1.54, 1.807) is 16.8 Å². The first kappa shape index (κ1) is 13.7. The zero-order chi connectivity index (χ0) is 13.8. The topological polar surface area (TPSA) is 51.5 Å². The quantitative estimate of drug-likeness (QED) is 0.760. The molecule has 0 radical (unpaired) electrons. The summed E-state index contributed by atoms with van der Waals surface area (Å²) >= 11 is 0. The molecule has 6 heteroatoms. The van der Waals surface area contributed by atoms with Gasteiger partial charge in [0.1, 0.15) is 12.2 Å². The summed E-state index contributed by atoms with van der Waals surface area (Å²) in [6.07, 6.45) is 2.45. The van der Waals surface area contributed by atoms with Crippen LogP contribution < -0.4 is 5.56 Å². The molecule has 0 N–H and O–H groups in total. The van der Waals surface area contributed by atoms with Gasteiger partial charge in [0.25, 0.3) is 5.56 Å². The number of rotatable bonds is 4. The summed E-state index contributed by atoms with van der Waals surface area (Å²) in [7, 11) is 1.25. The van der Waals surface area contributed by atoms with Gasteiger partial charge in [0, 0.05) is 25.8 Å². The maximum absolute atomic E-state index is 12.3. The molecule has 1 aliphatic rings. The standard InChI is InChI=1S/C13H17FN2O3/c1-19-13(18)11-3-2-6-16(12(11)17)10-4-7-15(9-10)8-5-14/h2-3,6,10H,4-5,7-9H2,1H3/t10-/m0/s1. The van der Waals surface area contributed by atoms with Crippen LogP contribution in [-0.4, -0.2) is 48.9 Å². The molecule has 0 bridgehead atoms. The first-order valence-electron chi connectivity index (χ1n) is 6.25. The zero-order valence-electron chi connectivity index (χ0n) is 10.8. The van der Waals surface area contributed by atoms with Crippen molar-refractivity contribution in [3.05, 3.63) is 34.2 Å². The average Bonchev–Trinajstić information content (AvgIpc) is 2.87. The Morgan fingerprint density at radius 3 is 3.05 bits per heavy atom. The van der Waals surface area contributed by atoms with Crippen LogP contribution in [0.15, 0.2) is 23.1 Å². The lowest BCUT2D eigenvalue weighted by Gasteiger charge is -2.16. The number of hydrogen-bond acceptors (Lipinski definition) is 4. The van der Waals surface area contributed by atoms with Crippen molar-refractivity contribution in [2.45, 2.75) is 12.5 Å². The van der Waals surface area contributed by atoms with Crippen molar-refractivity contribution in [3.8, 4) is 0 Å². The maximum atomic E-state index is 12.3. The molecule has 1 aliphatic heterocycles. The Morgan fingerprint density at radius 1 is 1.58 bits per heavy atom. The van der Waals surface area contributed by atoms with Crippen molar-refractivity contribution >= 4 is 5.97 Å². The second-order valence-corrected chi connectivity index (χ2v) is 4.56. The van der Waals surface area contributed by atoms with Gasteiger partial charge in [0.2, 0.25) is 0 Å². The van der Waals surface area contributed by atoms with Crippen LogP contribution in [0.5, 0.6) is 0 Å². The fraction of sp³-hybridized carbons (Fsp3) is 0.538. The Hall–Kier alpha value is -1.69. The number of alkyl halides is 1. The lowest BCUT2D eigenvalue weighted by molar-refractivity contribution is 0.0597. The molecule has 19 heavy (non-hydrogen) atoms. The molecular formula is C13H17FN2O3. The SMILES string of the molecule is COC(=O)c1cccn([C@H]2CCN(CCF)C2)c1=O. The van der Waals surface area contributed by atoms with Crippen LogP contribution in [-0.2, 0) is 4.74 Å². The summed E-state index contributed by atoms with van der Waals surface area (Å²) in [4.78, 5) is 25.6. The van der Waals surface area contributed by atoms with Gasteiger partial charge in [-0.3, -0.25) is 9.69 Å². The highest BCUT2D eigenvalue weighted by molar-refractivity contribution is 5.88. The van der Waals surface area contributed by atoms with E-state index in [1.165, 1.54) is 13.2 Å². The van der Waals surface area contributed by atoms with Crippen LogP contribution in [0.3, 0.4) is 0 Å². The van der Waals surface area contributed by atoms with E-state index in [0.717, 1.165) is 13.0 Å². The van der Waals surface area contributed by atoms with E-state index in [-0.39, 0.29) is 23.8 Å². The number of halogens is 1. The minimum atomic E-state index is -0.627. The molecule has 1 atom stereocenters. The smallest absolute Gasteiger partial charge is 0.343 e. The van der Waals surface area contributed by atoms with Gasteiger partial charge in [-0.15, -0.1) is 0 Å². The second-order valence-electron chi connectivity index (χ2n) is 4.56. The maximum Gasteiger partial charge on any atom is 0.343 e. The van der Waals surface area contributed by atoms with E-state index in [0.29, 0.717) is 13.1 Å². The number of carbonyl (C=O) groups is 1. The molecule has 1 saturated heterocycles. The Morgan fingerprint density at radius 2 is 2.37 bits per heavy atom. The number of likely N-dealkylation sites (tertiary alicyclic amines) is 1. The molecule has 0 aliphatic carbocycles. The van der Waals surface area contributed by atoms with Crippen LogP contribution in [0.1, 0.15) is 22.8 Å². The Labute approximate surface area is 110 Å². The van der Waals surface area contributed by atoms with Crippen LogP contribution in [0.25, 0.3) is 0 Å². The molecule has 0 saturated carbocycles. The van der Waals surface area contributed by atoms with E-state index in [9.17, 15) is 14.0 Å². The van der Waals surface area contributed by atoms with Crippen molar-refractivity contribution in [2.75, 3.05) is 33.4 Å². The first-order valence-corrected chi connectivity index (χ1v) is 6.25. The summed E-state index contributed by atoms with van der Waals surface area (Å²) in [6, 6.07) is 3.10. The number of hydrogen-bond donors (Lipinski definition) is 0. The molecule has 1 aromatic heterocycles. The summed E-state index contributed by atoms with van der Waals surface area (Å²) in [6.45, 7) is 1.41. The normalized spacial score (nSPS) is 19.6. The van der Waals surface area contributed by atoms with Crippen molar-refractivity contribution in [2.24, 2.45) is 0 Å². The highest BCUT2D eigenvalue weighted by Gasteiger charge is 2.25. The molecule has 1 aromatic rings. The number of methoxy groups -OCH3 is 1. The highest BCUT2D eigenvalue weighted by atomic mass is 19.1. The summed E-state index contributed by atoms with van der Waals surface area (Å²) in [5.41, 5.74) is -0.310. The lowest BCUT2D eigenvalue weighted by atomic mass is 10.2. The molecule has 104 valence electrons. The fourth-order valence-electron chi connectivity index (χ4n) is 2.42. The predicted octanol–water partition coefficient (Wildman–Crippen LogP) is 0.851. The molecular weight excluding hydrogens is 251 g/mol. The molecule has 5 nitrogen and oxygen atoms in total. The van der Waals surface area contributed by atoms with Gasteiger partial charge in [-0.1, -0.05) is 0 Å². The fourth-order valence-corrected chi connectivity index (χ4v) is 2.42. The zero-order valence-corrected chi connectivity index (χ0v) is 10.8. The van der Waals surface area contributed by atoms with E-state index in [1.807, 2.05) is 4.90 Å². The Bertz CT molecular complexity index is 515. The third-order valence-electron chi connectivity index (χ3n) is 3.42. The lowest BCUT2D eigenvalue weighted by Crippen LogP contribution is -2.31. The minimum Gasteiger partial charge on any atom is -0.465 e. The molecule has 2 rings (SSSR count). The number of aromatic nitrogens is 1. The third-order valence-corrected chi connectivity index (χ3v) is 3.42. The average molecular weight is 268 g/mol. The van der Waals surface area contributed by atoms with Crippen molar-refractivity contribution in [1.29, 1.82) is 0 Å². The summed E-state index contributed by atoms with van der Waals surface area (Å²) < 4.78 is 18.4. The van der Waals surface area contributed by atoms with Crippen LogP contribution in [0.4, 0.5) is 4.39 Å². The van der Waals surface area contributed by atoms with Gasteiger partial charge in [-0.2, -0.15) is 0 Å². The Balaban J connectivity index is 2.22. The van der Waals surface area contributed by atoms with Crippen molar-refractivity contribution < 1.29 is 13.9 Å². The summed E-state index contributed by atoms with van der Waals surface area (Å²) in [5, 5.41) is 0. The number of carbonyl (C=O) groups excluding carboxylic acids is 1. The molecule has 2 heterocycles. The van der Waals surface area contributed by atoms with E-state index in [4.69, 9.17) is 0 Å². The van der Waals surface area contributed by atoms with Gasteiger partial charge in [0.05, 0.1) is 13.2 Å². The second kappa shape index (κ2) is 5.97. The van der Waals surface area contributed by atoms with Gasteiger partial charge >= 0.3 is 5.97 Å². The number of ether oxygens (including phenoxy) is 1. The monoisotopic (exact) mass is 268 g/mol. The third kappa shape index (κ3) is 2.84. The Kier molecular flexibility index (Phi) is 4.31. The van der Waals surface area contributed by atoms with Crippen molar-refractivity contribution in [3.63, 3.8) is 0 Å². The molecule has 1 fully saturated rings. The number of pyridine rings is 1. The number of nitrogens with zero attached hydrogens (tertiary/aromatic N) is 2. The largest absolute Gasteiger partial charge is 0.465 e. The van der Waals surface area contributed by atoms with Crippen molar-refractivity contribution in [1.82, 2.24) is 9.47 Å². The molecule has 0 spiro atoms. The molecule has 0 amide bonds. The van der Waals surface area contributed by atoms with Crippen LogP contribution in [0, 0.1) is 0 Å². The van der Waals surface area contributed by atoms with E-state index in [2.05, 4.69) is 4.74 Å². The molecule has 0 unspecified atom stereocenters. The summed E-state index contributed by atoms with van der Waals surface area (Å²) in [5.74, 6) is -0.627. The van der Waals surface area contributed by atoms with Gasteiger partial charge in [-0.05, 0) is 18.6 Å².